The van der Waals surface area contributed by atoms with E-state index in [4.69, 9.17) is 23.8 Å². The fraction of sp³-hybridized carbons (Fsp3) is 0.316. The Morgan fingerprint density at radius 2 is 1.57 bits per heavy atom. The van der Waals surface area contributed by atoms with Crippen LogP contribution in [0.5, 0.6) is 0 Å². The first-order valence-corrected chi connectivity index (χ1v) is 8.71. The summed E-state index contributed by atoms with van der Waals surface area (Å²) in [5.74, 6) is 0.546. The molecule has 0 spiro atoms. The van der Waals surface area contributed by atoms with Gasteiger partial charge >= 0.3 is 0 Å². The lowest BCUT2D eigenvalue weighted by atomic mass is 9.98. The molecular formula is C19H23ClN2S. The molecule has 2 N–H and O–H groups in total. The van der Waals surface area contributed by atoms with Gasteiger partial charge in [-0.05, 0) is 59.9 Å². The standard InChI is InChI=1S/C19H23ClN2S/c1-4-18(15-7-5-14(6-8-15)13(2)3)22-19(23)21-17-11-9-16(20)10-12-17/h5-13,18H,4H2,1-3H3,(H2,21,22,23). The van der Waals surface area contributed by atoms with Crippen molar-refractivity contribution in [3.63, 3.8) is 0 Å². The predicted molar refractivity (Wildman–Crippen MR) is 104 cm³/mol. The molecule has 0 saturated carbocycles. The number of thiocarbonyl (C=S) groups is 1. The first-order chi connectivity index (χ1) is 11.0. The summed E-state index contributed by atoms with van der Waals surface area (Å²) < 4.78 is 0. The number of rotatable bonds is 5. The topological polar surface area (TPSA) is 24.1 Å². The molecule has 0 amide bonds. The third kappa shape index (κ3) is 5.22. The zero-order chi connectivity index (χ0) is 16.8. The van der Waals surface area contributed by atoms with E-state index in [0.717, 1.165) is 12.1 Å². The van der Waals surface area contributed by atoms with E-state index in [1.807, 2.05) is 24.3 Å². The molecule has 0 radical (unpaired) electrons. The van der Waals surface area contributed by atoms with Crippen LogP contribution in [0.2, 0.25) is 5.02 Å². The molecule has 1 atom stereocenters. The Labute approximate surface area is 149 Å². The van der Waals surface area contributed by atoms with Crippen LogP contribution in [0.1, 0.15) is 50.3 Å². The molecule has 0 bridgehead atoms. The largest absolute Gasteiger partial charge is 0.356 e. The number of nitrogens with one attached hydrogen (secondary N) is 2. The monoisotopic (exact) mass is 346 g/mol. The van der Waals surface area contributed by atoms with Crippen molar-refractivity contribution in [2.24, 2.45) is 0 Å². The van der Waals surface area contributed by atoms with Crippen molar-refractivity contribution in [1.29, 1.82) is 0 Å². The summed E-state index contributed by atoms with van der Waals surface area (Å²) in [5, 5.41) is 7.91. The lowest BCUT2D eigenvalue weighted by Gasteiger charge is -2.20. The summed E-state index contributed by atoms with van der Waals surface area (Å²) in [5.41, 5.74) is 3.53. The molecule has 0 fully saturated rings. The van der Waals surface area contributed by atoms with Crippen molar-refractivity contribution in [1.82, 2.24) is 5.32 Å². The molecule has 2 aromatic carbocycles. The second-order valence-corrected chi connectivity index (χ2v) is 6.73. The van der Waals surface area contributed by atoms with Crippen LogP contribution >= 0.6 is 23.8 Å². The van der Waals surface area contributed by atoms with E-state index in [9.17, 15) is 0 Å². The summed E-state index contributed by atoms with van der Waals surface area (Å²) in [6.45, 7) is 6.56. The van der Waals surface area contributed by atoms with Gasteiger partial charge in [0.2, 0.25) is 0 Å². The van der Waals surface area contributed by atoms with Gasteiger partial charge < -0.3 is 10.6 Å². The number of hydrogen-bond acceptors (Lipinski definition) is 1. The molecule has 1 unspecified atom stereocenters. The quantitative estimate of drug-likeness (QED) is 0.659. The second-order valence-electron chi connectivity index (χ2n) is 5.89. The van der Waals surface area contributed by atoms with Crippen molar-refractivity contribution >= 4 is 34.6 Å². The molecule has 23 heavy (non-hydrogen) atoms. The highest BCUT2D eigenvalue weighted by molar-refractivity contribution is 7.80. The van der Waals surface area contributed by atoms with Crippen LogP contribution in [0, 0.1) is 0 Å². The van der Waals surface area contributed by atoms with Gasteiger partial charge in [-0.3, -0.25) is 0 Å². The lowest BCUT2D eigenvalue weighted by Crippen LogP contribution is -2.32. The van der Waals surface area contributed by atoms with Crippen LogP contribution in [0.25, 0.3) is 0 Å². The molecule has 0 aliphatic heterocycles. The SMILES string of the molecule is CCC(NC(=S)Nc1ccc(Cl)cc1)c1ccc(C(C)C)cc1. The Morgan fingerprint density at radius 1 is 1.00 bits per heavy atom. The summed E-state index contributed by atoms with van der Waals surface area (Å²) in [4.78, 5) is 0. The predicted octanol–water partition coefficient (Wildman–Crippen LogP) is 5.90. The minimum atomic E-state index is 0.198. The molecule has 2 rings (SSSR count). The van der Waals surface area contributed by atoms with Gasteiger partial charge in [-0.2, -0.15) is 0 Å². The smallest absolute Gasteiger partial charge is 0.171 e. The Kier molecular flexibility index (Phi) is 6.43. The Bertz CT molecular complexity index is 635. The van der Waals surface area contributed by atoms with E-state index in [1.54, 1.807) is 0 Å². The van der Waals surface area contributed by atoms with Crippen LogP contribution in [0.15, 0.2) is 48.5 Å². The molecular weight excluding hydrogens is 324 g/mol. The summed E-state index contributed by atoms with van der Waals surface area (Å²) in [6, 6.07) is 16.5. The van der Waals surface area contributed by atoms with E-state index in [-0.39, 0.29) is 6.04 Å². The van der Waals surface area contributed by atoms with E-state index in [1.165, 1.54) is 11.1 Å². The van der Waals surface area contributed by atoms with Gasteiger partial charge in [0.25, 0.3) is 0 Å². The maximum absolute atomic E-state index is 5.89. The molecule has 0 aliphatic carbocycles. The van der Waals surface area contributed by atoms with E-state index in [2.05, 4.69) is 55.7 Å². The van der Waals surface area contributed by atoms with E-state index in [0.29, 0.717) is 16.1 Å². The van der Waals surface area contributed by atoms with Gasteiger partial charge in [-0.15, -0.1) is 0 Å². The number of halogens is 1. The minimum absolute atomic E-state index is 0.198. The fourth-order valence-corrected chi connectivity index (χ4v) is 2.78. The zero-order valence-electron chi connectivity index (χ0n) is 13.8. The molecule has 2 aromatic rings. The Morgan fingerprint density at radius 3 is 2.09 bits per heavy atom. The summed E-state index contributed by atoms with van der Waals surface area (Å²) in [6.07, 6.45) is 0.962. The third-order valence-electron chi connectivity index (χ3n) is 3.82. The maximum Gasteiger partial charge on any atom is 0.171 e. The normalized spacial score (nSPS) is 12.0. The van der Waals surface area contributed by atoms with Crippen LogP contribution in [0.3, 0.4) is 0 Å². The zero-order valence-corrected chi connectivity index (χ0v) is 15.3. The van der Waals surface area contributed by atoms with Crippen molar-refractivity contribution in [2.75, 3.05) is 5.32 Å². The van der Waals surface area contributed by atoms with Crippen molar-refractivity contribution in [3.8, 4) is 0 Å². The van der Waals surface area contributed by atoms with Gasteiger partial charge in [0.15, 0.2) is 5.11 Å². The second kappa shape index (κ2) is 8.32. The lowest BCUT2D eigenvalue weighted by molar-refractivity contribution is 0.628. The van der Waals surface area contributed by atoms with Gasteiger partial charge in [0.1, 0.15) is 0 Å². The highest BCUT2D eigenvalue weighted by atomic mass is 35.5. The first-order valence-electron chi connectivity index (χ1n) is 7.92. The van der Waals surface area contributed by atoms with Crippen LogP contribution in [0.4, 0.5) is 5.69 Å². The molecule has 2 nitrogen and oxygen atoms in total. The highest BCUT2D eigenvalue weighted by Crippen LogP contribution is 2.21. The number of anilines is 1. The highest BCUT2D eigenvalue weighted by Gasteiger charge is 2.11. The average Bonchev–Trinajstić information content (AvgIpc) is 2.55. The van der Waals surface area contributed by atoms with E-state index >= 15 is 0 Å². The van der Waals surface area contributed by atoms with Gasteiger partial charge in [0, 0.05) is 10.7 Å². The van der Waals surface area contributed by atoms with Crippen molar-refractivity contribution < 1.29 is 0 Å². The summed E-state index contributed by atoms with van der Waals surface area (Å²) in [7, 11) is 0. The van der Waals surface area contributed by atoms with Gasteiger partial charge in [0.05, 0.1) is 6.04 Å². The average molecular weight is 347 g/mol. The number of hydrogen-bond donors (Lipinski definition) is 2. The van der Waals surface area contributed by atoms with Crippen LogP contribution in [-0.4, -0.2) is 5.11 Å². The van der Waals surface area contributed by atoms with Gasteiger partial charge in [-0.25, -0.2) is 0 Å². The number of benzene rings is 2. The van der Waals surface area contributed by atoms with E-state index < -0.39 is 0 Å². The maximum atomic E-state index is 5.89. The van der Waals surface area contributed by atoms with Crippen molar-refractivity contribution in [2.45, 2.75) is 39.2 Å². The first kappa shape index (κ1) is 17.8. The Hall–Kier alpha value is -1.58. The fourth-order valence-electron chi connectivity index (χ4n) is 2.39. The van der Waals surface area contributed by atoms with Crippen LogP contribution < -0.4 is 10.6 Å². The molecule has 122 valence electrons. The van der Waals surface area contributed by atoms with Crippen molar-refractivity contribution in [3.05, 3.63) is 64.7 Å². The molecule has 0 aromatic heterocycles. The van der Waals surface area contributed by atoms with Gasteiger partial charge in [-0.1, -0.05) is 56.6 Å². The molecule has 0 heterocycles. The molecule has 0 aliphatic rings. The summed E-state index contributed by atoms with van der Waals surface area (Å²) >= 11 is 11.3. The third-order valence-corrected chi connectivity index (χ3v) is 4.29. The molecule has 4 heteroatoms. The minimum Gasteiger partial charge on any atom is -0.356 e. The molecule has 0 saturated heterocycles. The van der Waals surface area contributed by atoms with Crippen LogP contribution in [-0.2, 0) is 0 Å². The Balaban J connectivity index is 2.00.